The minimum atomic E-state index is -1.10. The van der Waals surface area contributed by atoms with Crippen molar-refractivity contribution in [2.45, 2.75) is 27.2 Å². The maximum Gasteiger partial charge on any atom is 0.340 e. The number of carbonyl (C=O) groups is 1. The molecule has 2 heterocycles. The summed E-state index contributed by atoms with van der Waals surface area (Å²) >= 11 is 3.36. The molecule has 0 radical (unpaired) electrons. The molecule has 1 aromatic rings. The molecule has 8 heteroatoms. The third-order valence-electron chi connectivity index (χ3n) is 4.74. The van der Waals surface area contributed by atoms with Gasteiger partial charge in [-0.3, -0.25) is 4.79 Å². The van der Waals surface area contributed by atoms with Gasteiger partial charge in [-0.15, -0.1) is 0 Å². The Morgan fingerprint density at radius 3 is 2.63 bits per heavy atom. The molecule has 3 rings (SSSR count). The van der Waals surface area contributed by atoms with Crippen molar-refractivity contribution < 1.29 is 18.6 Å². The van der Waals surface area contributed by atoms with Crippen LogP contribution >= 0.6 is 15.9 Å². The predicted octanol–water partition coefficient (Wildman–Crippen LogP) is 4.17. The van der Waals surface area contributed by atoms with Gasteiger partial charge in [-0.25, -0.2) is 9.04 Å². The van der Waals surface area contributed by atoms with Gasteiger partial charge < -0.3 is 9.94 Å². The number of nitrogens with zero attached hydrogens (tertiary/aromatic N) is 3. The topological polar surface area (TPSA) is 74.1 Å². The highest BCUT2D eigenvalue weighted by atomic mass is 79.9. The lowest BCUT2D eigenvalue weighted by Crippen LogP contribution is -2.41. The monoisotopic (exact) mass is 435 g/mol. The number of rotatable bonds is 4. The van der Waals surface area contributed by atoms with Crippen LogP contribution in [0.1, 0.15) is 26.3 Å². The van der Waals surface area contributed by atoms with Crippen molar-refractivity contribution >= 4 is 33.6 Å². The Morgan fingerprint density at radius 1 is 1.33 bits per heavy atom. The molecule has 142 valence electrons. The van der Waals surface area contributed by atoms with Crippen molar-refractivity contribution in [3.8, 4) is 0 Å². The molecule has 1 aromatic carbocycles. The largest absolute Gasteiger partial charge is 0.614 e. The van der Waals surface area contributed by atoms with Crippen LogP contribution < -0.4 is 0 Å². The average Bonchev–Trinajstić information content (AvgIpc) is 2.99. The molecule has 0 amide bonds. The van der Waals surface area contributed by atoms with Crippen LogP contribution in [0, 0.1) is 16.4 Å². The fourth-order valence-electron chi connectivity index (χ4n) is 2.91. The number of quaternary nitrogens is 1. The Balaban J connectivity index is 2.04. The standard InChI is InChI=1S/C19H19BrFN3O3/c1-11-14(9-12-7-5-6-8-13(12)21)22-18-23-15(10-24(18,26)16(11)20)19(2,3)17(25)27-4/h5-8,10H,9H2,1-4H3. The number of halogens is 2. The number of carbonyl (C=O) groups excluding carboxylic acids is 1. The number of hydrogen-bond acceptors (Lipinski definition) is 5. The highest BCUT2D eigenvalue weighted by Crippen LogP contribution is 2.42. The Kier molecular flexibility index (Phi) is 4.92. The molecule has 27 heavy (non-hydrogen) atoms. The molecular weight excluding hydrogens is 417 g/mol. The van der Waals surface area contributed by atoms with Gasteiger partial charge in [-0.1, -0.05) is 18.2 Å². The predicted molar refractivity (Wildman–Crippen MR) is 104 cm³/mol. The van der Waals surface area contributed by atoms with Crippen molar-refractivity contribution in [3.63, 3.8) is 0 Å². The zero-order valence-corrected chi connectivity index (χ0v) is 17.0. The van der Waals surface area contributed by atoms with E-state index in [1.807, 2.05) is 0 Å². The number of esters is 1. The summed E-state index contributed by atoms with van der Waals surface area (Å²) in [6.45, 7) is 5.01. The van der Waals surface area contributed by atoms with E-state index >= 15 is 0 Å². The molecule has 0 saturated heterocycles. The summed E-state index contributed by atoms with van der Waals surface area (Å²) in [6, 6.07) is 6.42. The summed E-state index contributed by atoms with van der Waals surface area (Å²) in [7, 11) is 1.28. The van der Waals surface area contributed by atoms with Crippen molar-refractivity contribution in [2.24, 2.45) is 15.4 Å². The van der Waals surface area contributed by atoms with Gasteiger partial charge in [0.2, 0.25) is 0 Å². The van der Waals surface area contributed by atoms with E-state index in [1.54, 1.807) is 39.0 Å². The summed E-state index contributed by atoms with van der Waals surface area (Å²) in [5.41, 5.74) is 0.807. The second kappa shape index (κ2) is 6.78. The number of ether oxygens (including phenoxy) is 1. The summed E-state index contributed by atoms with van der Waals surface area (Å²) in [6.07, 6.45) is 1.56. The van der Waals surface area contributed by atoms with Crippen LogP contribution in [0.5, 0.6) is 0 Å². The molecule has 0 saturated carbocycles. The van der Waals surface area contributed by atoms with E-state index in [4.69, 9.17) is 4.74 Å². The van der Waals surface area contributed by atoms with Gasteiger partial charge in [-0.2, -0.15) is 9.98 Å². The van der Waals surface area contributed by atoms with Gasteiger partial charge in [-0.05, 0) is 32.4 Å². The van der Waals surface area contributed by atoms with Crippen LogP contribution in [0.2, 0.25) is 0 Å². The normalized spacial score (nSPS) is 22.1. The summed E-state index contributed by atoms with van der Waals surface area (Å²) in [5.74, 6) is -0.862. The Bertz CT molecular complexity index is 949. The minimum Gasteiger partial charge on any atom is -0.614 e. The Morgan fingerprint density at radius 2 is 2.00 bits per heavy atom. The number of hydrogen-bond donors (Lipinski definition) is 0. The lowest BCUT2D eigenvalue weighted by molar-refractivity contribution is -0.676. The van der Waals surface area contributed by atoms with E-state index in [0.717, 1.165) is 0 Å². The first-order valence-corrected chi connectivity index (χ1v) is 9.09. The number of allylic oxidation sites excluding steroid dienone is 1. The van der Waals surface area contributed by atoms with Crippen LogP contribution in [-0.4, -0.2) is 29.4 Å². The smallest absolute Gasteiger partial charge is 0.340 e. The molecule has 1 unspecified atom stereocenters. The van der Waals surface area contributed by atoms with Gasteiger partial charge >= 0.3 is 11.9 Å². The maximum atomic E-state index is 14.0. The van der Waals surface area contributed by atoms with E-state index in [1.165, 1.54) is 19.4 Å². The van der Waals surface area contributed by atoms with Crippen molar-refractivity contribution in [1.29, 1.82) is 0 Å². The molecule has 2 aliphatic heterocycles. The number of methoxy groups -OCH3 is 1. The molecule has 0 bridgehead atoms. The third kappa shape index (κ3) is 3.18. The lowest BCUT2D eigenvalue weighted by atomic mass is 9.90. The molecule has 2 aliphatic rings. The minimum absolute atomic E-state index is 0.0224. The first-order valence-electron chi connectivity index (χ1n) is 8.30. The average molecular weight is 436 g/mol. The summed E-state index contributed by atoms with van der Waals surface area (Å²) in [4.78, 5) is 20.8. The zero-order valence-electron chi connectivity index (χ0n) is 15.4. The summed E-state index contributed by atoms with van der Waals surface area (Å²) < 4.78 is 18.1. The fraction of sp³-hybridized carbons (Fsp3) is 0.316. The number of benzene rings is 1. The molecule has 0 N–H and O–H groups in total. The zero-order chi connectivity index (χ0) is 20.0. The second-order valence-corrected chi connectivity index (χ2v) is 7.69. The van der Waals surface area contributed by atoms with E-state index in [-0.39, 0.29) is 23.9 Å². The molecule has 0 fully saturated rings. The van der Waals surface area contributed by atoms with Crippen molar-refractivity contribution in [2.75, 3.05) is 7.11 Å². The van der Waals surface area contributed by atoms with Crippen LogP contribution in [0.3, 0.4) is 0 Å². The first kappa shape index (κ1) is 19.6. The van der Waals surface area contributed by atoms with Crippen LogP contribution in [-0.2, 0) is 16.0 Å². The van der Waals surface area contributed by atoms with Gasteiger partial charge in [0, 0.05) is 27.9 Å². The molecule has 6 nitrogen and oxygen atoms in total. The highest BCUT2D eigenvalue weighted by molar-refractivity contribution is 9.11. The first-order chi connectivity index (χ1) is 12.6. The molecule has 0 aromatic heterocycles. The third-order valence-corrected chi connectivity index (χ3v) is 5.86. The van der Waals surface area contributed by atoms with Crippen LogP contribution in [0.15, 0.2) is 56.3 Å². The molecule has 0 aliphatic carbocycles. The van der Waals surface area contributed by atoms with Gasteiger partial charge in [0.1, 0.15) is 23.1 Å². The molecular formula is C19H19BrFN3O3. The number of fused-ring (bicyclic) bond motifs is 1. The Labute approximate surface area is 165 Å². The number of aliphatic imine (C=N–C) groups is 2. The molecule has 0 spiro atoms. The quantitative estimate of drug-likeness (QED) is 0.308. The SMILES string of the molecule is COC(=O)C(C)(C)C1=C[N+]2([O-])C(=N1)N=C(Cc1ccccc1F)C(C)=C2Br. The van der Waals surface area contributed by atoms with Gasteiger partial charge in [0.25, 0.3) is 0 Å². The van der Waals surface area contributed by atoms with E-state index < -0.39 is 16.0 Å². The van der Waals surface area contributed by atoms with Gasteiger partial charge in [0.15, 0.2) is 4.61 Å². The molecule has 1 atom stereocenters. The fourth-order valence-corrected chi connectivity index (χ4v) is 3.40. The van der Waals surface area contributed by atoms with Crippen molar-refractivity contribution in [1.82, 2.24) is 0 Å². The Hall–Kier alpha value is -2.16. The lowest BCUT2D eigenvalue weighted by Gasteiger charge is -2.36. The second-order valence-electron chi connectivity index (χ2n) is 6.94. The van der Waals surface area contributed by atoms with E-state index in [9.17, 15) is 14.4 Å². The number of hydroxylamine groups is 3. The van der Waals surface area contributed by atoms with Gasteiger partial charge in [0.05, 0.1) is 12.8 Å². The van der Waals surface area contributed by atoms with Crippen molar-refractivity contribution in [3.05, 3.63) is 62.9 Å². The highest BCUT2D eigenvalue weighted by Gasteiger charge is 2.46. The van der Waals surface area contributed by atoms with E-state index in [2.05, 4.69) is 25.9 Å². The van der Waals surface area contributed by atoms with Crippen LogP contribution in [0.4, 0.5) is 4.39 Å². The van der Waals surface area contributed by atoms with E-state index in [0.29, 0.717) is 21.5 Å². The summed E-state index contributed by atoms with van der Waals surface area (Å²) in [5, 5.41) is 13.4. The number of guanidine groups is 1. The maximum absolute atomic E-state index is 14.0. The van der Waals surface area contributed by atoms with Crippen LogP contribution in [0.25, 0.3) is 0 Å².